The van der Waals surface area contributed by atoms with Crippen LogP contribution in [0.4, 0.5) is 0 Å². The van der Waals surface area contributed by atoms with Gasteiger partial charge < -0.3 is 0 Å². The summed E-state index contributed by atoms with van der Waals surface area (Å²) in [7, 11) is 0. The quantitative estimate of drug-likeness (QED) is 0.530. The minimum atomic E-state index is 0.144. The average Bonchev–Trinajstić information content (AvgIpc) is 2.52. The predicted octanol–water partition coefficient (Wildman–Crippen LogP) is 4.65. The molecular weight excluding hydrogens is 266 g/mol. The first-order valence-electron chi connectivity index (χ1n) is 8.10. The molecule has 2 aromatic carbocycles. The van der Waals surface area contributed by atoms with Crippen molar-refractivity contribution in [3.05, 3.63) is 65.9 Å². The Labute approximate surface area is 132 Å². The molecule has 110 valence electrons. The van der Waals surface area contributed by atoms with E-state index in [1.165, 1.54) is 33.3 Å². The molecule has 1 aliphatic rings. The van der Waals surface area contributed by atoms with Crippen molar-refractivity contribution < 1.29 is 4.57 Å². The first kappa shape index (κ1) is 13.5. The Morgan fingerprint density at radius 1 is 0.909 bits per heavy atom. The Kier molecular flexibility index (Phi) is 2.87. The van der Waals surface area contributed by atoms with Gasteiger partial charge in [0, 0.05) is 17.9 Å². The normalized spacial score (nSPS) is 13.8. The van der Waals surface area contributed by atoms with Gasteiger partial charge in [0.05, 0.1) is 10.9 Å². The number of fused-ring (bicyclic) bond motifs is 5. The Hall–Kier alpha value is -2.15. The summed E-state index contributed by atoms with van der Waals surface area (Å²) in [5, 5.41) is 2.71. The number of pyridine rings is 1. The number of benzene rings is 2. The van der Waals surface area contributed by atoms with Crippen molar-refractivity contribution in [3.8, 4) is 11.3 Å². The summed E-state index contributed by atoms with van der Waals surface area (Å²) in [4.78, 5) is 0. The van der Waals surface area contributed by atoms with Gasteiger partial charge in [-0.3, -0.25) is 0 Å². The summed E-state index contributed by atoms with van der Waals surface area (Å²) in [5.74, 6) is 0. The zero-order valence-corrected chi connectivity index (χ0v) is 13.6. The van der Waals surface area contributed by atoms with Gasteiger partial charge >= 0.3 is 0 Å². The summed E-state index contributed by atoms with van der Waals surface area (Å²) in [6, 6.07) is 20.0. The highest BCUT2D eigenvalue weighted by atomic mass is 15.0. The fourth-order valence-electron chi connectivity index (χ4n) is 3.68. The van der Waals surface area contributed by atoms with Gasteiger partial charge in [-0.05, 0) is 23.1 Å². The van der Waals surface area contributed by atoms with Crippen LogP contribution in [0.3, 0.4) is 0 Å². The van der Waals surface area contributed by atoms with Crippen molar-refractivity contribution >= 4 is 10.8 Å². The van der Waals surface area contributed by atoms with E-state index < -0.39 is 0 Å². The molecule has 0 fully saturated rings. The van der Waals surface area contributed by atoms with Crippen molar-refractivity contribution in [2.75, 3.05) is 0 Å². The molecule has 2 heterocycles. The van der Waals surface area contributed by atoms with Crippen LogP contribution in [-0.4, -0.2) is 0 Å². The van der Waals surface area contributed by atoms with Gasteiger partial charge in [-0.25, -0.2) is 0 Å². The molecule has 0 spiro atoms. The van der Waals surface area contributed by atoms with Gasteiger partial charge in [0.15, 0.2) is 12.2 Å². The van der Waals surface area contributed by atoms with E-state index in [0.29, 0.717) is 0 Å². The molecular formula is C21H22N+. The molecule has 0 saturated heterocycles. The smallest absolute Gasteiger partial charge is 0.194 e. The Morgan fingerprint density at radius 2 is 1.64 bits per heavy atom. The molecule has 0 saturated carbocycles. The van der Waals surface area contributed by atoms with E-state index in [9.17, 15) is 0 Å². The maximum Gasteiger partial charge on any atom is 0.220 e. The molecule has 0 radical (unpaired) electrons. The molecule has 0 unspecified atom stereocenters. The molecule has 0 atom stereocenters. The number of rotatable bonds is 0. The molecule has 1 nitrogen and oxygen atoms in total. The van der Waals surface area contributed by atoms with E-state index in [1.807, 2.05) is 0 Å². The molecule has 1 aliphatic heterocycles. The lowest BCUT2D eigenvalue weighted by Crippen LogP contribution is -2.48. The lowest BCUT2D eigenvalue weighted by Gasteiger charge is -2.24. The molecule has 0 bridgehead atoms. The largest absolute Gasteiger partial charge is 0.220 e. The van der Waals surface area contributed by atoms with Gasteiger partial charge in [-0.1, -0.05) is 57.2 Å². The minimum absolute atomic E-state index is 0.144. The third-order valence-corrected chi connectivity index (χ3v) is 4.71. The van der Waals surface area contributed by atoms with Crippen LogP contribution in [0.1, 0.15) is 32.0 Å². The topological polar surface area (TPSA) is 3.88 Å². The van der Waals surface area contributed by atoms with Crippen molar-refractivity contribution in [3.63, 3.8) is 0 Å². The van der Waals surface area contributed by atoms with E-state index >= 15 is 0 Å². The van der Waals surface area contributed by atoms with E-state index in [2.05, 4.69) is 79.9 Å². The molecule has 3 aromatic rings. The fourth-order valence-corrected chi connectivity index (χ4v) is 3.68. The summed E-state index contributed by atoms with van der Waals surface area (Å²) >= 11 is 0. The third-order valence-electron chi connectivity index (χ3n) is 4.71. The third kappa shape index (κ3) is 1.96. The van der Waals surface area contributed by atoms with E-state index in [4.69, 9.17) is 0 Å². The lowest BCUT2D eigenvalue weighted by atomic mass is 9.86. The Morgan fingerprint density at radius 3 is 2.45 bits per heavy atom. The van der Waals surface area contributed by atoms with Crippen molar-refractivity contribution in [2.24, 2.45) is 0 Å². The predicted molar refractivity (Wildman–Crippen MR) is 92.0 cm³/mol. The number of hydrogen-bond donors (Lipinski definition) is 0. The SMILES string of the molecule is CC(C)(C)c1cc2ccccc2c2[n+]1CCc1ccccc1-2. The molecule has 0 N–H and O–H groups in total. The molecule has 0 aliphatic carbocycles. The van der Waals surface area contributed by atoms with Crippen LogP contribution in [0.2, 0.25) is 0 Å². The summed E-state index contributed by atoms with van der Waals surface area (Å²) in [6.45, 7) is 8.00. The lowest BCUT2D eigenvalue weighted by molar-refractivity contribution is -0.696. The Balaban J connectivity index is 2.17. The molecule has 22 heavy (non-hydrogen) atoms. The van der Waals surface area contributed by atoms with E-state index in [0.717, 1.165) is 13.0 Å². The maximum atomic E-state index is 2.55. The molecule has 1 aromatic heterocycles. The van der Waals surface area contributed by atoms with Crippen LogP contribution in [0.15, 0.2) is 54.6 Å². The van der Waals surface area contributed by atoms with Crippen LogP contribution in [0.25, 0.3) is 22.0 Å². The summed E-state index contributed by atoms with van der Waals surface area (Å²) in [6.07, 6.45) is 1.12. The van der Waals surface area contributed by atoms with Gasteiger partial charge in [-0.15, -0.1) is 0 Å². The molecule has 0 amide bonds. The molecule has 4 rings (SSSR count). The standard InChI is InChI=1S/C21H22N/c1-21(2,3)19-14-16-9-5-7-11-18(16)20-17-10-6-4-8-15(17)12-13-22(19)20/h4-11,14H,12-13H2,1-3H3/q+1. The minimum Gasteiger partial charge on any atom is -0.194 e. The van der Waals surface area contributed by atoms with Crippen molar-refractivity contribution in [2.45, 2.75) is 39.2 Å². The Bertz CT molecular complexity index is 869. The van der Waals surface area contributed by atoms with E-state index in [-0.39, 0.29) is 5.41 Å². The van der Waals surface area contributed by atoms with Gasteiger partial charge in [0.25, 0.3) is 0 Å². The van der Waals surface area contributed by atoms with Gasteiger partial charge in [0.1, 0.15) is 0 Å². The number of hydrogen-bond acceptors (Lipinski definition) is 0. The van der Waals surface area contributed by atoms with E-state index in [1.54, 1.807) is 0 Å². The van der Waals surface area contributed by atoms with Crippen LogP contribution in [-0.2, 0) is 18.4 Å². The number of aromatic nitrogens is 1. The maximum absolute atomic E-state index is 2.55. The average molecular weight is 288 g/mol. The first-order chi connectivity index (χ1) is 10.6. The van der Waals surface area contributed by atoms with Crippen LogP contribution >= 0.6 is 0 Å². The van der Waals surface area contributed by atoms with Gasteiger partial charge in [0.2, 0.25) is 5.69 Å². The zero-order valence-electron chi connectivity index (χ0n) is 13.6. The monoisotopic (exact) mass is 288 g/mol. The first-order valence-corrected chi connectivity index (χ1v) is 8.10. The van der Waals surface area contributed by atoms with Crippen molar-refractivity contribution in [1.29, 1.82) is 0 Å². The second-order valence-electron chi connectivity index (χ2n) is 7.27. The van der Waals surface area contributed by atoms with Gasteiger partial charge in [-0.2, -0.15) is 4.57 Å². The highest BCUT2D eigenvalue weighted by Gasteiger charge is 2.33. The highest BCUT2D eigenvalue weighted by Crippen LogP contribution is 2.34. The summed E-state index contributed by atoms with van der Waals surface area (Å²) in [5.41, 5.74) is 5.83. The van der Waals surface area contributed by atoms with Crippen LogP contribution in [0.5, 0.6) is 0 Å². The summed E-state index contributed by atoms with van der Waals surface area (Å²) < 4.78 is 2.55. The number of aryl methyl sites for hydroxylation is 1. The highest BCUT2D eigenvalue weighted by molar-refractivity contribution is 5.94. The van der Waals surface area contributed by atoms with Crippen molar-refractivity contribution in [1.82, 2.24) is 0 Å². The zero-order chi connectivity index (χ0) is 15.3. The fraction of sp³-hybridized carbons (Fsp3) is 0.286. The number of nitrogens with zero attached hydrogens (tertiary/aromatic N) is 1. The second kappa shape index (κ2) is 4.67. The van der Waals surface area contributed by atoms with Crippen LogP contribution in [0, 0.1) is 0 Å². The van der Waals surface area contributed by atoms with Crippen LogP contribution < -0.4 is 4.57 Å². The molecule has 1 heteroatoms. The second-order valence-corrected chi connectivity index (χ2v) is 7.27.